The number of aromatic nitrogens is 1. The molecule has 1 aliphatic carbocycles. The monoisotopic (exact) mass is 324 g/mol. The van der Waals surface area contributed by atoms with Gasteiger partial charge in [-0.2, -0.15) is 0 Å². The fraction of sp³-hybridized carbons (Fsp3) is 0.222. The average Bonchev–Trinajstić information content (AvgIpc) is 3.02. The first kappa shape index (κ1) is 14.2. The lowest BCUT2D eigenvalue weighted by Gasteiger charge is -2.13. The third-order valence-electron chi connectivity index (χ3n) is 4.23. The number of hydrogen-bond acceptors (Lipinski definition) is 4. The van der Waals surface area contributed by atoms with Crippen LogP contribution in [0.15, 0.2) is 58.7 Å². The lowest BCUT2D eigenvalue weighted by molar-refractivity contribution is -0.123. The van der Waals surface area contributed by atoms with E-state index in [1.807, 2.05) is 35.7 Å². The smallest absolute Gasteiger partial charge is 0.231 e. The van der Waals surface area contributed by atoms with Crippen molar-refractivity contribution in [3.8, 4) is 11.5 Å². The minimum absolute atomic E-state index is 0.120. The second-order valence-electron chi connectivity index (χ2n) is 5.77. The Morgan fingerprint density at radius 3 is 2.78 bits per heavy atom. The predicted octanol–water partition coefficient (Wildman–Crippen LogP) is 3.75. The molecule has 5 heteroatoms. The van der Waals surface area contributed by atoms with Gasteiger partial charge in [-0.25, -0.2) is 0 Å². The van der Waals surface area contributed by atoms with Gasteiger partial charge in [-0.3, -0.25) is 9.78 Å². The van der Waals surface area contributed by atoms with Crippen molar-refractivity contribution in [3.05, 3.63) is 64.7 Å². The quantitative estimate of drug-likeness (QED) is 0.777. The molecular weight excluding hydrogens is 308 g/mol. The van der Waals surface area contributed by atoms with Crippen molar-refractivity contribution in [2.24, 2.45) is 0 Å². The molecule has 1 fully saturated rings. The SMILES string of the molecule is O=C(NCc1ccc(-c2ccco2)nc1)C1(c2cccs2)CC1. The maximum Gasteiger partial charge on any atom is 0.231 e. The van der Waals surface area contributed by atoms with Crippen LogP contribution >= 0.6 is 11.3 Å². The van der Waals surface area contributed by atoms with Gasteiger partial charge in [0.15, 0.2) is 5.76 Å². The zero-order valence-corrected chi connectivity index (χ0v) is 13.3. The zero-order chi connectivity index (χ0) is 15.7. The zero-order valence-electron chi connectivity index (χ0n) is 12.5. The molecule has 0 saturated heterocycles. The first-order valence-corrected chi connectivity index (χ1v) is 8.47. The summed E-state index contributed by atoms with van der Waals surface area (Å²) >= 11 is 1.66. The second kappa shape index (κ2) is 5.66. The first-order chi connectivity index (χ1) is 11.3. The van der Waals surface area contributed by atoms with E-state index in [0.29, 0.717) is 6.54 Å². The van der Waals surface area contributed by atoms with Crippen molar-refractivity contribution in [1.29, 1.82) is 0 Å². The summed E-state index contributed by atoms with van der Waals surface area (Å²) in [5.41, 5.74) is 1.49. The van der Waals surface area contributed by atoms with Crippen LogP contribution in [0.1, 0.15) is 23.3 Å². The van der Waals surface area contributed by atoms with E-state index in [0.717, 1.165) is 29.9 Å². The maximum atomic E-state index is 12.5. The molecule has 1 N–H and O–H groups in total. The minimum Gasteiger partial charge on any atom is -0.463 e. The molecule has 4 rings (SSSR count). The summed E-state index contributed by atoms with van der Waals surface area (Å²) in [6.45, 7) is 0.497. The molecule has 23 heavy (non-hydrogen) atoms. The van der Waals surface area contributed by atoms with Crippen LogP contribution in [-0.4, -0.2) is 10.9 Å². The van der Waals surface area contributed by atoms with Crippen LogP contribution in [0.3, 0.4) is 0 Å². The van der Waals surface area contributed by atoms with E-state index in [2.05, 4.69) is 16.4 Å². The normalized spacial score (nSPS) is 15.3. The van der Waals surface area contributed by atoms with Gasteiger partial charge in [0.1, 0.15) is 5.69 Å². The number of carbonyl (C=O) groups is 1. The van der Waals surface area contributed by atoms with E-state index in [-0.39, 0.29) is 11.3 Å². The molecule has 0 unspecified atom stereocenters. The Bertz CT molecular complexity index is 788. The Morgan fingerprint density at radius 2 is 2.17 bits per heavy atom. The average molecular weight is 324 g/mol. The van der Waals surface area contributed by atoms with Crippen LogP contribution in [0, 0.1) is 0 Å². The molecule has 116 valence electrons. The molecule has 0 bridgehead atoms. The van der Waals surface area contributed by atoms with Crippen LogP contribution in [0.25, 0.3) is 11.5 Å². The van der Waals surface area contributed by atoms with E-state index in [1.165, 1.54) is 4.88 Å². The van der Waals surface area contributed by atoms with E-state index in [4.69, 9.17) is 4.42 Å². The van der Waals surface area contributed by atoms with Crippen molar-refractivity contribution >= 4 is 17.2 Å². The molecule has 0 spiro atoms. The van der Waals surface area contributed by atoms with E-state index >= 15 is 0 Å². The highest BCUT2D eigenvalue weighted by Crippen LogP contribution is 2.50. The van der Waals surface area contributed by atoms with E-state index in [1.54, 1.807) is 23.8 Å². The van der Waals surface area contributed by atoms with Crippen LogP contribution < -0.4 is 5.32 Å². The van der Waals surface area contributed by atoms with E-state index < -0.39 is 0 Å². The van der Waals surface area contributed by atoms with Crippen LogP contribution in [0.2, 0.25) is 0 Å². The Kier molecular flexibility index (Phi) is 3.50. The number of furan rings is 1. The molecule has 3 heterocycles. The van der Waals surface area contributed by atoms with E-state index in [9.17, 15) is 4.79 Å². The number of nitrogens with zero attached hydrogens (tertiary/aromatic N) is 1. The Balaban J connectivity index is 1.41. The second-order valence-corrected chi connectivity index (χ2v) is 6.72. The Morgan fingerprint density at radius 1 is 1.26 bits per heavy atom. The van der Waals surface area contributed by atoms with Gasteiger partial charge >= 0.3 is 0 Å². The van der Waals surface area contributed by atoms with Crippen molar-refractivity contribution < 1.29 is 9.21 Å². The third-order valence-corrected chi connectivity index (χ3v) is 5.30. The van der Waals surface area contributed by atoms with Gasteiger partial charge < -0.3 is 9.73 Å². The summed E-state index contributed by atoms with van der Waals surface area (Å²) in [4.78, 5) is 18.1. The van der Waals surface area contributed by atoms with Gasteiger partial charge in [0.05, 0.1) is 11.7 Å². The summed E-state index contributed by atoms with van der Waals surface area (Å²) < 4.78 is 5.32. The Hall–Kier alpha value is -2.40. The van der Waals surface area contributed by atoms with Crippen LogP contribution in [0.5, 0.6) is 0 Å². The molecule has 0 atom stereocenters. The van der Waals surface area contributed by atoms with Gasteiger partial charge in [0, 0.05) is 17.6 Å². The van der Waals surface area contributed by atoms with Gasteiger partial charge in [-0.15, -0.1) is 11.3 Å². The number of hydrogen-bond donors (Lipinski definition) is 1. The highest BCUT2D eigenvalue weighted by atomic mass is 32.1. The van der Waals surface area contributed by atoms with Crippen molar-refractivity contribution in [2.75, 3.05) is 0 Å². The summed E-state index contributed by atoms with van der Waals surface area (Å²) in [6.07, 6.45) is 5.29. The molecule has 1 saturated carbocycles. The number of nitrogens with one attached hydrogen (secondary N) is 1. The molecule has 3 aromatic rings. The highest BCUT2D eigenvalue weighted by Gasteiger charge is 2.51. The maximum absolute atomic E-state index is 12.5. The molecule has 1 aliphatic rings. The van der Waals surface area contributed by atoms with Crippen molar-refractivity contribution in [1.82, 2.24) is 10.3 Å². The first-order valence-electron chi connectivity index (χ1n) is 7.59. The number of rotatable bonds is 5. The molecule has 0 aromatic carbocycles. The number of pyridine rings is 1. The lowest BCUT2D eigenvalue weighted by Crippen LogP contribution is -2.33. The molecule has 0 radical (unpaired) electrons. The standard InChI is InChI=1S/C18H16N2O2S/c21-17(18(7-8-18)16-4-2-10-23-16)20-12-13-5-6-14(19-11-13)15-3-1-9-22-15/h1-6,9-11H,7-8,12H2,(H,20,21). The topological polar surface area (TPSA) is 55.1 Å². The van der Waals surface area contributed by atoms with Gasteiger partial charge in [0.25, 0.3) is 0 Å². The van der Waals surface area contributed by atoms with Gasteiger partial charge in [-0.1, -0.05) is 12.1 Å². The molecular formula is C18H16N2O2S. The Labute approximate surface area is 138 Å². The highest BCUT2D eigenvalue weighted by molar-refractivity contribution is 7.10. The summed E-state index contributed by atoms with van der Waals surface area (Å²) in [6, 6.07) is 11.6. The van der Waals surface area contributed by atoms with Crippen molar-refractivity contribution in [3.63, 3.8) is 0 Å². The summed E-state index contributed by atoms with van der Waals surface area (Å²) in [5.74, 6) is 0.866. The number of thiophene rings is 1. The van der Waals surface area contributed by atoms with Gasteiger partial charge in [-0.05, 0) is 48.1 Å². The fourth-order valence-electron chi connectivity index (χ4n) is 2.71. The third kappa shape index (κ3) is 2.68. The van der Waals surface area contributed by atoms with Gasteiger partial charge in [0.2, 0.25) is 5.91 Å². The van der Waals surface area contributed by atoms with Crippen molar-refractivity contribution in [2.45, 2.75) is 24.8 Å². The number of amides is 1. The van der Waals surface area contributed by atoms with Crippen LogP contribution in [-0.2, 0) is 16.8 Å². The molecule has 4 nitrogen and oxygen atoms in total. The lowest BCUT2D eigenvalue weighted by atomic mass is 10.0. The summed E-state index contributed by atoms with van der Waals surface area (Å²) in [7, 11) is 0. The molecule has 3 aromatic heterocycles. The minimum atomic E-state index is -0.282. The van der Waals surface area contributed by atoms with Crippen LogP contribution in [0.4, 0.5) is 0 Å². The molecule has 1 amide bonds. The predicted molar refractivity (Wildman–Crippen MR) is 89.0 cm³/mol. The molecule has 0 aliphatic heterocycles. The number of carbonyl (C=O) groups excluding carboxylic acids is 1. The summed E-state index contributed by atoms with van der Waals surface area (Å²) in [5, 5.41) is 5.08. The largest absolute Gasteiger partial charge is 0.463 e. The fourth-order valence-corrected chi connectivity index (χ4v) is 3.70.